The molecule has 0 aliphatic heterocycles. The molecule has 0 aromatic rings. The number of aliphatic hydroxyl groups is 6. The van der Waals surface area contributed by atoms with Crippen molar-refractivity contribution in [1.29, 1.82) is 0 Å². The first-order chi connectivity index (χ1) is 9.34. The van der Waals surface area contributed by atoms with E-state index in [0.717, 1.165) is 0 Å². The summed E-state index contributed by atoms with van der Waals surface area (Å²) in [5.74, 6) is -2.05. The maximum Gasteiger partial charge on any atom is 0.336 e. The van der Waals surface area contributed by atoms with Crippen molar-refractivity contribution < 1.29 is 54.9 Å². The molecule has 0 fully saturated rings. The van der Waals surface area contributed by atoms with E-state index in [9.17, 15) is 29.8 Å². The maximum absolute atomic E-state index is 10.9. The first kappa shape index (κ1) is 20.4. The molecule has 0 amide bonds. The predicted octanol–water partition coefficient (Wildman–Crippen LogP) is -4.19. The van der Waals surface area contributed by atoms with Crippen molar-refractivity contribution in [2.24, 2.45) is 0 Å². The van der Waals surface area contributed by atoms with Crippen molar-refractivity contribution in [3.8, 4) is 0 Å². The molecule has 0 spiro atoms. The summed E-state index contributed by atoms with van der Waals surface area (Å²) < 4.78 is 10.8. The van der Waals surface area contributed by atoms with E-state index in [0.29, 0.717) is 0 Å². The van der Waals surface area contributed by atoms with Crippen LogP contribution >= 0.6 is 7.60 Å². The lowest BCUT2D eigenvalue weighted by atomic mass is 9.92. The van der Waals surface area contributed by atoms with Gasteiger partial charge in [-0.15, -0.1) is 0 Å². The third-order valence-electron chi connectivity index (χ3n) is 2.74. The van der Waals surface area contributed by atoms with Crippen molar-refractivity contribution in [1.82, 2.24) is 0 Å². The molecule has 0 rings (SSSR count). The first-order valence-corrected chi connectivity index (χ1v) is 7.47. The zero-order valence-electron chi connectivity index (χ0n) is 10.7. The third-order valence-corrected chi connectivity index (χ3v) is 3.67. The van der Waals surface area contributed by atoms with E-state index < -0.39 is 62.8 Å². The van der Waals surface area contributed by atoms with Crippen molar-refractivity contribution in [3.63, 3.8) is 0 Å². The molecule has 126 valence electrons. The van der Waals surface area contributed by atoms with E-state index in [-0.39, 0.29) is 0 Å². The lowest BCUT2D eigenvalue weighted by Gasteiger charge is -2.31. The molecule has 0 heterocycles. The fourth-order valence-corrected chi connectivity index (χ4v) is 2.54. The van der Waals surface area contributed by atoms with Gasteiger partial charge in [-0.2, -0.15) is 0 Å². The lowest BCUT2D eigenvalue weighted by molar-refractivity contribution is -0.165. The minimum Gasteiger partial charge on any atom is -0.479 e. The van der Waals surface area contributed by atoms with Crippen LogP contribution in [-0.2, 0) is 9.36 Å². The molecular weight excluding hydrogens is 315 g/mol. The molecule has 0 aliphatic carbocycles. The van der Waals surface area contributed by atoms with Gasteiger partial charge in [-0.3, -0.25) is 4.57 Å². The Kier molecular flexibility index (Phi) is 7.36. The number of carbonyl (C=O) groups is 1. The molecule has 9 N–H and O–H groups in total. The molecule has 0 radical (unpaired) electrons. The fourth-order valence-electron chi connectivity index (χ4n) is 1.59. The van der Waals surface area contributed by atoms with Gasteiger partial charge < -0.3 is 45.5 Å². The molecule has 11 nitrogen and oxygen atoms in total. The Morgan fingerprint density at radius 1 is 1.05 bits per heavy atom. The summed E-state index contributed by atoms with van der Waals surface area (Å²) >= 11 is 0. The monoisotopic (exact) mass is 334 g/mol. The zero-order chi connectivity index (χ0) is 17.0. The number of rotatable bonds is 9. The minimum atomic E-state index is -4.95. The SMILES string of the molecule is O=C(O)[C@@](O)(C[C@@H](O)[C@@H](O)[C@H](O)[C@H](O)CO)CP(=O)(O)O. The lowest BCUT2D eigenvalue weighted by Crippen LogP contribution is -2.51. The van der Waals surface area contributed by atoms with E-state index in [2.05, 4.69) is 0 Å². The van der Waals surface area contributed by atoms with Crippen molar-refractivity contribution in [3.05, 3.63) is 0 Å². The largest absolute Gasteiger partial charge is 0.479 e. The van der Waals surface area contributed by atoms with Crippen LogP contribution in [0.15, 0.2) is 0 Å². The van der Waals surface area contributed by atoms with E-state index in [1.54, 1.807) is 0 Å². The van der Waals surface area contributed by atoms with Gasteiger partial charge in [-0.1, -0.05) is 0 Å². The van der Waals surface area contributed by atoms with Gasteiger partial charge in [0.2, 0.25) is 0 Å². The van der Waals surface area contributed by atoms with Crippen LogP contribution in [0.3, 0.4) is 0 Å². The second kappa shape index (κ2) is 7.58. The Balaban J connectivity index is 5.02. The Hall–Kier alpha value is -0.620. The van der Waals surface area contributed by atoms with Crippen molar-refractivity contribution in [2.45, 2.75) is 36.4 Å². The first-order valence-electron chi connectivity index (χ1n) is 5.67. The second-order valence-electron chi connectivity index (χ2n) is 4.66. The number of hydrogen-bond acceptors (Lipinski definition) is 8. The molecule has 12 heteroatoms. The smallest absolute Gasteiger partial charge is 0.336 e. The van der Waals surface area contributed by atoms with Crippen LogP contribution in [0.1, 0.15) is 6.42 Å². The molecule has 0 bridgehead atoms. The molecule has 0 aliphatic rings. The fraction of sp³-hybridized carbons (Fsp3) is 0.889. The Morgan fingerprint density at radius 2 is 1.48 bits per heavy atom. The van der Waals surface area contributed by atoms with Crippen LogP contribution in [0.5, 0.6) is 0 Å². The molecule has 21 heavy (non-hydrogen) atoms. The summed E-state index contributed by atoms with van der Waals surface area (Å²) in [6, 6.07) is 0. The topological polar surface area (TPSA) is 216 Å². The molecule has 0 aromatic carbocycles. The van der Waals surface area contributed by atoms with Crippen LogP contribution < -0.4 is 0 Å². The molecule has 5 atom stereocenters. The van der Waals surface area contributed by atoms with E-state index in [1.807, 2.05) is 0 Å². The number of carboxylic acids is 1. The van der Waals surface area contributed by atoms with E-state index in [4.69, 9.17) is 25.1 Å². The maximum atomic E-state index is 10.9. The van der Waals surface area contributed by atoms with Crippen LogP contribution in [0.4, 0.5) is 0 Å². The molecular formula is C9H19O11P. The summed E-state index contributed by atoms with van der Waals surface area (Å²) in [6.45, 7) is -0.962. The molecule has 0 saturated heterocycles. The van der Waals surface area contributed by atoms with Crippen LogP contribution in [-0.4, -0.2) is 94.3 Å². The second-order valence-corrected chi connectivity index (χ2v) is 6.31. The van der Waals surface area contributed by atoms with Gasteiger partial charge >= 0.3 is 13.6 Å². The Bertz CT molecular complexity index is 395. The van der Waals surface area contributed by atoms with Crippen LogP contribution in [0.2, 0.25) is 0 Å². The van der Waals surface area contributed by atoms with Crippen molar-refractivity contribution >= 4 is 13.6 Å². The number of hydrogen-bond donors (Lipinski definition) is 9. The average Bonchev–Trinajstić information content (AvgIpc) is 2.33. The summed E-state index contributed by atoms with van der Waals surface area (Å²) in [5.41, 5.74) is -3.05. The van der Waals surface area contributed by atoms with Gasteiger partial charge in [0.25, 0.3) is 0 Å². The number of carboxylic acid groups (broad SMARTS) is 1. The summed E-state index contributed by atoms with van der Waals surface area (Å²) in [4.78, 5) is 28.3. The zero-order valence-corrected chi connectivity index (χ0v) is 11.6. The Labute approximate surface area is 118 Å². The highest BCUT2D eigenvalue weighted by atomic mass is 31.2. The van der Waals surface area contributed by atoms with Gasteiger partial charge in [0.1, 0.15) is 18.3 Å². The number of aliphatic carboxylic acids is 1. The Morgan fingerprint density at radius 3 is 1.81 bits per heavy atom. The quantitative estimate of drug-likeness (QED) is 0.184. The average molecular weight is 334 g/mol. The van der Waals surface area contributed by atoms with E-state index >= 15 is 0 Å². The third kappa shape index (κ3) is 6.34. The van der Waals surface area contributed by atoms with Gasteiger partial charge in [0.15, 0.2) is 5.60 Å². The number of aliphatic hydroxyl groups excluding tert-OH is 5. The summed E-state index contributed by atoms with van der Waals surface area (Å²) in [5, 5.41) is 64.4. The predicted molar refractivity (Wildman–Crippen MR) is 65.2 cm³/mol. The molecule has 0 unspecified atom stereocenters. The normalized spacial score (nSPS) is 21.1. The van der Waals surface area contributed by atoms with Crippen molar-refractivity contribution in [2.75, 3.05) is 12.8 Å². The van der Waals surface area contributed by atoms with Gasteiger partial charge in [-0.05, 0) is 0 Å². The van der Waals surface area contributed by atoms with Gasteiger partial charge in [-0.25, -0.2) is 4.79 Å². The highest BCUT2D eigenvalue weighted by Crippen LogP contribution is 2.40. The van der Waals surface area contributed by atoms with Crippen LogP contribution in [0.25, 0.3) is 0 Å². The van der Waals surface area contributed by atoms with Crippen LogP contribution in [0, 0.1) is 0 Å². The molecule has 0 saturated carbocycles. The van der Waals surface area contributed by atoms with Gasteiger partial charge in [0.05, 0.1) is 18.9 Å². The standard InChI is InChI=1S/C9H19O11P/c10-2-5(12)7(14)6(13)4(11)1-9(17,8(15)16)3-21(18,19)20/h4-7,10-14,17H,1-3H2,(H,15,16)(H2,18,19,20)/t4-,5-,6-,7-,9-/m1/s1. The minimum absolute atomic E-state index is 0.962. The summed E-state index contributed by atoms with van der Waals surface area (Å²) in [6.07, 6.45) is -10.9. The highest BCUT2D eigenvalue weighted by Gasteiger charge is 2.46. The van der Waals surface area contributed by atoms with Gasteiger partial charge in [0, 0.05) is 6.42 Å². The summed E-state index contributed by atoms with van der Waals surface area (Å²) in [7, 11) is -4.95. The molecule has 0 aromatic heterocycles. The van der Waals surface area contributed by atoms with E-state index in [1.165, 1.54) is 0 Å². The highest BCUT2D eigenvalue weighted by molar-refractivity contribution is 7.51.